The third kappa shape index (κ3) is 2.57. The molecule has 0 aliphatic rings. The molecule has 7 heteroatoms. The lowest BCUT2D eigenvalue weighted by Gasteiger charge is -2.11. The predicted octanol–water partition coefficient (Wildman–Crippen LogP) is 2.63. The number of H-pyrrole nitrogens is 1. The van der Waals surface area contributed by atoms with Crippen LogP contribution in [0.2, 0.25) is 0 Å². The Morgan fingerprint density at radius 3 is 2.50 bits per heavy atom. The molecule has 0 unspecified atom stereocenters. The van der Waals surface area contributed by atoms with Crippen LogP contribution in [0, 0.1) is 4.77 Å². The van der Waals surface area contributed by atoms with E-state index in [0.717, 1.165) is 4.57 Å². The van der Waals surface area contributed by atoms with Crippen molar-refractivity contribution in [2.75, 3.05) is 0 Å². The fourth-order valence-electron chi connectivity index (χ4n) is 1.10. The van der Waals surface area contributed by atoms with Crippen LogP contribution < -0.4 is 0 Å². The van der Waals surface area contributed by atoms with Crippen LogP contribution in [-0.4, -0.2) is 20.9 Å². The summed E-state index contributed by atoms with van der Waals surface area (Å²) in [6, 6.07) is 0. The van der Waals surface area contributed by atoms with Gasteiger partial charge in [-0.25, -0.2) is 0 Å². The van der Waals surface area contributed by atoms with Gasteiger partial charge in [0.15, 0.2) is 4.77 Å². The Bertz CT molecular complexity index is 363. The van der Waals surface area contributed by atoms with E-state index in [-0.39, 0.29) is 10.7 Å². The number of aromatic nitrogens is 3. The first-order chi connectivity index (χ1) is 6.31. The Balaban J connectivity index is 3.06. The van der Waals surface area contributed by atoms with Crippen molar-refractivity contribution in [3.05, 3.63) is 10.6 Å². The molecule has 1 N–H and O–H groups in total. The first-order valence-corrected chi connectivity index (χ1v) is 4.44. The van der Waals surface area contributed by atoms with E-state index in [9.17, 15) is 13.2 Å². The van der Waals surface area contributed by atoms with Crippen LogP contribution in [0.15, 0.2) is 0 Å². The third-order valence-corrected chi connectivity index (χ3v) is 1.95. The Morgan fingerprint density at radius 1 is 1.50 bits per heavy atom. The summed E-state index contributed by atoms with van der Waals surface area (Å²) >= 11 is 4.71. The highest BCUT2D eigenvalue weighted by atomic mass is 32.1. The van der Waals surface area contributed by atoms with E-state index in [1.807, 2.05) is 0 Å². The number of aromatic amines is 1. The van der Waals surface area contributed by atoms with E-state index in [1.54, 1.807) is 13.8 Å². The maximum atomic E-state index is 12.1. The minimum atomic E-state index is -4.27. The maximum absolute atomic E-state index is 12.1. The normalized spacial score (nSPS) is 12.4. The van der Waals surface area contributed by atoms with Crippen molar-refractivity contribution in [1.82, 2.24) is 14.8 Å². The van der Waals surface area contributed by atoms with Gasteiger partial charge in [0.25, 0.3) is 0 Å². The lowest BCUT2D eigenvalue weighted by atomic mass is 10.2. The molecule has 3 nitrogen and oxygen atoms in total. The smallest absolute Gasteiger partial charge is 0.295 e. The van der Waals surface area contributed by atoms with Gasteiger partial charge in [-0.15, -0.1) is 0 Å². The second-order valence-electron chi connectivity index (χ2n) is 3.24. The molecule has 0 radical (unpaired) electrons. The van der Waals surface area contributed by atoms with Gasteiger partial charge in [0.2, 0.25) is 0 Å². The highest BCUT2D eigenvalue weighted by molar-refractivity contribution is 7.71. The molecule has 0 saturated carbocycles. The minimum Gasteiger partial charge on any atom is -0.295 e. The average molecular weight is 225 g/mol. The number of nitrogens with zero attached hydrogens (tertiary/aromatic N) is 2. The van der Waals surface area contributed by atoms with Gasteiger partial charge < -0.3 is 0 Å². The van der Waals surface area contributed by atoms with Crippen molar-refractivity contribution < 1.29 is 13.2 Å². The van der Waals surface area contributed by atoms with Crippen LogP contribution in [-0.2, 0) is 6.54 Å². The van der Waals surface area contributed by atoms with Crippen molar-refractivity contribution in [2.45, 2.75) is 32.5 Å². The van der Waals surface area contributed by atoms with Crippen LogP contribution >= 0.6 is 12.2 Å². The van der Waals surface area contributed by atoms with Crippen molar-refractivity contribution in [1.29, 1.82) is 0 Å². The zero-order valence-corrected chi connectivity index (χ0v) is 8.54. The van der Waals surface area contributed by atoms with Gasteiger partial charge in [0.05, 0.1) is 0 Å². The quantitative estimate of drug-likeness (QED) is 0.785. The van der Waals surface area contributed by atoms with Gasteiger partial charge in [-0.2, -0.15) is 18.3 Å². The Morgan fingerprint density at radius 2 is 2.07 bits per heavy atom. The summed E-state index contributed by atoms with van der Waals surface area (Å²) in [4.78, 5) is 0. The molecule has 14 heavy (non-hydrogen) atoms. The largest absolute Gasteiger partial charge is 0.406 e. The number of hydrogen-bond donors (Lipinski definition) is 1. The van der Waals surface area contributed by atoms with E-state index in [4.69, 9.17) is 12.2 Å². The van der Waals surface area contributed by atoms with Gasteiger partial charge in [-0.3, -0.25) is 9.67 Å². The minimum absolute atomic E-state index is 0.00558. The van der Waals surface area contributed by atoms with Crippen molar-refractivity contribution >= 4 is 12.2 Å². The van der Waals surface area contributed by atoms with Gasteiger partial charge in [-0.05, 0) is 12.2 Å². The Kier molecular flexibility index (Phi) is 2.98. The summed E-state index contributed by atoms with van der Waals surface area (Å²) in [5.74, 6) is 0.234. The average Bonchev–Trinajstić information content (AvgIpc) is 2.29. The Hall–Kier alpha value is -0.850. The monoisotopic (exact) mass is 225 g/mol. The Labute approximate surface area is 83.9 Å². The number of alkyl halides is 3. The molecule has 0 bridgehead atoms. The zero-order valence-electron chi connectivity index (χ0n) is 7.72. The van der Waals surface area contributed by atoms with Crippen LogP contribution in [0.5, 0.6) is 0 Å². The van der Waals surface area contributed by atoms with Gasteiger partial charge in [-0.1, -0.05) is 13.8 Å². The second-order valence-corrected chi connectivity index (χ2v) is 3.63. The molecule has 80 valence electrons. The SMILES string of the molecule is CC(C)c1n[nH]c(=S)n1CC(F)(F)F. The molecule has 0 spiro atoms. The number of nitrogens with one attached hydrogen (secondary N) is 1. The van der Waals surface area contributed by atoms with Crippen molar-refractivity contribution in [2.24, 2.45) is 0 Å². The first-order valence-electron chi connectivity index (χ1n) is 4.03. The zero-order chi connectivity index (χ0) is 10.9. The fourth-order valence-corrected chi connectivity index (χ4v) is 1.31. The molecular formula is C7H10F3N3S. The molecule has 1 aromatic rings. The van der Waals surface area contributed by atoms with Crippen LogP contribution in [0.4, 0.5) is 13.2 Å². The third-order valence-electron chi connectivity index (χ3n) is 1.64. The molecule has 0 atom stereocenters. The van der Waals surface area contributed by atoms with Gasteiger partial charge >= 0.3 is 6.18 Å². The van der Waals surface area contributed by atoms with Crippen LogP contribution in [0.25, 0.3) is 0 Å². The highest BCUT2D eigenvalue weighted by Crippen LogP contribution is 2.20. The number of halogens is 3. The topological polar surface area (TPSA) is 33.6 Å². The summed E-state index contributed by atoms with van der Waals surface area (Å²) in [5, 5.41) is 6.10. The molecule has 0 saturated heterocycles. The summed E-state index contributed by atoms with van der Waals surface area (Å²) in [5.41, 5.74) is 0. The number of rotatable bonds is 2. The summed E-state index contributed by atoms with van der Waals surface area (Å²) in [7, 11) is 0. The molecule has 0 aromatic carbocycles. The van der Waals surface area contributed by atoms with Crippen LogP contribution in [0.1, 0.15) is 25.6 Å². The van der Waals surface area contributed by atoms with E-state index in [1.165, 1.54) is 0 Å². The molecule has 0 aliphatic carbocycles. The second kappa shape index (κ2) is 3.72. The van der Waals surface area contributed by atoms with Crippen molar-refractivity contribution in [3.63, 3.8) is 0 Å². The molecule has 0 aliphatic heterocycles. The molecule has 0 amide bonds. The van der Waals surface area contributed by atoms with E-state index in [0.29, 0.717) is 5.82 Å². The standard InChI is InChI=1S/C7H10F3N3S/c1-4(2)5-11-12-6(14)13(5)3-7(8,9)10/h4H,3H2,1-2H3,(H,12,14). The van der Waals surface area contributed by atoms with Crippen molar-refractivity contribution in [3.8, 4) is 0 Å². The molecule has 1 aromatic heterocycles. The highest BCUT2D eigenvalue weighted by Gasteiger charge is 2.30. The molecular weight excluding hydrogens is 215 g/mol. The van der Waals surface area contributed by atoms with Gasteiger partial charge in [0.1, 0.15) is 12.4 Å². The van der Waals surface area contributed by atoms with Gasteiger partial charge in [0, 0.05) is 5.92 Å². The molecule has 0 fully saturated rings. The maximum Gasteiger partial charge on any atom is 0.406 e. The van der Waals surface area contributed by atoms with E-state index < -0.39 is 12.7 Å². The lowest BCUT2D eigenvalue weighted by molar-refractivity contribution is -0.141. The molecule has 1 heterocycles. The summed E-state index contributed by atoms with van der Waals surface area (Å²) in [6.45, 7) is 2.44. The summed E-state index contributed by atoms with van der Waals surface area (Å²) < 4.78 is 37.4. The van der Waals surface area contributed by atoms with Crippen LogP contribution in [0.3, 0.4) is 0 Å². The number of hydrogen-bond acceptors (Lipinski definition) is 2. The predicted molar refractivity (Wildman–Crippen MR) is 47.6 cm³/mol. The van der Waals surface area contributed by atoms with E-state index in [2.05, 4.69) is 10.2 Å². The van der Waals surface area contributed by atoms with E-state index >= 15 is 0 Å². The first kappa shape index (κ1) is 11.2. The molecule has 1 rings (SSSR count). The fraction of sp³-hybridized carbons (Fsp3) is 0.714. The lowest BCUT2D eigenvalue weighted by Crippen LogP contribution is -2.20. The summed E-state index contributed by atoms with van der Waals surface area (Å²) in [6.07, 6.45) is -4.27.